The van der Waals surface area contributed by atoms with Crippen molar-refractivity contribution in [2.45, 2.75) is 31.3 Å². The molecule has 1 aromatic heterocycles. The number of rotatable bonds is 5. The summed E-state index contributed by atoms with van der Waals surface area (Å²) < 4.78 is 19.2. The highest BCUT2D eigenvalue weighted by molar-refractivity contribution is 5.36. The van der Waals surface area contributed by atoms with E-state index in [1.165, 1.54) is 18.9 Å². The summed E-state index contributed by atoms with van der Waals surface area (Å²) in [5, 5.41) is 13.4. The Labute approximate surface area is 135 Å². The van der Waals surface area contributed by atoms with Gasteiger partial charge in [-0.1, -0.05) is 24.3 Å². The molecule has 2 N–H and O–H groups in total. The van der Waals surface area contributed by atoms with Crippen LogP contribution in [0.25, 0.3) is 0 Å². The number of aliphatic hydroxyl groups excluding tert-OH is 1. The predicted molar refractivity (Wildman–Crippen MR) is 85.7 cm³/mol. The first kappa shape index (κ1) is 15.9. The average molecular weight is 316 g/mol. The number of nitrogens with zero attached hydrogens (tertiary/aromatic N) is 1. The van der Waals surface area contributed by atoms with E-state index >= 15 is 0 Å². The fourth-order valence-electron chi connectivity index (χ4n) is 3.33. The molecule has 1 unspecified atom stereocenters. The van der Waals surface area contributed by atoms with Gasteiger partial charge in [0.15, 0.2) is 5.82 Å². The molecule has 1 aromatic carbocycles. The molecule has 122 valence electrons. The van der Waals surface area contributed by atoms with Crippen molar-refractivity contribution < 1.29 is 14.2 Å². The maximum atomic E-state index is 14.3. The van der Waals surface area contributed by atoms with Crippen molar-refractivity contribution in [3.63, 3.8) is 0 Å². The number of pyridine rings is 1. The summed E-state index contributed by atoms with van der Waals surface area (Å²) in [6.07, 6.45) is 4.35. The lowest BCUT2D eigenvalue weighted by Crippen LogP contribution is -2.47. The second kappa shape index (κ2) is 6.64. The third kappa shape index (κ3) is 2.94. The molecule has 23 heavy (non-hydrogen) atoms. The molecule has 0 aliphatic heterocycles. The molecule has 0 spiro atoms. The van der Waals surface area contributed by atoms with Gasteiger partial charge in [-0.15, -0.1) is 0 Å². The zero-order chi connectivity index (χ0) is 16.3. The Morgan fingerprint density at radius 3 is 2.96 bits per heavy atom. The quantitative estimate of drug-likeness (QED) is 0.890. The molecule has 1 aliphatic rings. The standard InChI is InChI=1S/C18H21FN2O2/c1-23-17-16(19)14(8-10-20-17)11-21-18(12-22)9-4-6-13-5-2-3-7-15(13)18/h2-3,5,7-8,10,21-22H,4,6,9,11-12H2,1H3. The van der Waals surface area contributed by atoms with Gasteiger partial charge in [-0.05, 0) is 36.5 Å². The van der Waals surface area contributed by atoms with Gasteiger partial charge in [0.25, 0.3) is 0 Å². The number of fused-ring (bicyclic) bond motifs is 1. The third-order valence-electron chi connectivity index (χ3n) is 4.60. The molecule has 0 bridgehead atoms. The summed E-state index contributed by atoms with van der Waals surface area (Å²) >= 11 is 0. The Hall–Kier alpha value is -1.98. The van der Waals surface area contributed by atoms with Crippen molar-refractivity contribution >= 4 is 0 Å². The van der Waals surface area contributed by atoms with Crippen LogP contribution in [0.1, 0.15) is 29.5 Å². The normalized spacial score (nSPS) is 20.1. The number of aryl methyl sites for hydroxylation is 1. The molecule has 1 heterocycles. The largest absolute Gasteiger partial charge is 0.479 e. The van der Waals surface area contributed by atoms with E-state index in [1.54, 1.807) is 6.07 Å². The van der Waals surface area contributed by atoms with Gasteiger partial charge in [0.2, 0.25) is 5.88 Å². The molecule has 0 amide bonds. The average Bonchev–Trinajstić information content (AvgIpc) is 2.61. The number of ether oxygens (including phenoxy) is 1. The second-order valence-corrected chi connectivity index (χ2v) is 5.90. The molecule has 5 heteroatoms. The zero-order valence-corrected chi connectivity index (χ0v) is 13.2. The van der Waals surface area contributed by atoms with E-state index in [4.69, 9.17) is 4.74 Å². The number of nitrogens with one attached hydrogen (secondary N) is 1. The zero-order valence-electron chi connectivity index (χ0n) is 13.2. The molecule has 0 fully saturated rings. The van der Waals surface area contributed by atoms with E-state index < -0.39 is 11.4 Å². The molecule has 1 atom stereocenters. The van der Waals surface area contributed by atoms with Crippen LogP contribution in [0.15, 0.2) is 36.5 Å². The van der Waals surface area contributed by atoms with E-state index in [9.17, 15) is 9.50 Å². The fraction of sp³-hybridized carbons (Fsp3) is 0.389. The monoisotopic (exact) mass is 316 g/mol. The van der Waals surface area contributed by atoms with Crippen LogP contribution >= 0.6 is 0 Å². The Kier molecular flexibility index (Phi) is 4.59. The van der Waals surface area contributed by atoms with Gasteiger partial charge in [0.05, 0.1) is 19.3 Å². The van der Waals surface area contributed by atoms with Crippen molar-refractivity contribution in [2.24, 2.45) is 0 Å². The fourth-order valence-corrected chi connectivity index (χ4v) is 3.33. The van der Waals surface area contributed by atoms with Crippen molar-refractivity contribution in [1.29, 1.82) is 0 Å². The lowest BCUT2D eigenvalue weighted by atomic mass is 9.77. The van der Waals surface area contributed by atoms with Crippen LogP contribution in [-0.2, 0) is 18.5 Å². The number of methoxy groups -OCH3 is 1. The molecule has 1 aliphatic carbocycles. The first-order chi connectivity index (χ1) is 11.2. The number of aliphatic hydroxyl groups is 1. The van der Waals surface area contributed by atoms with Crippen LogP contribution < -0.4 is 10.1 Å². The van der Waals surface area contributed by atoms with Gasteiger partial charge in [0, 0.05) is 18.3 Å². The minimum absolute atomic E-state index is 0.00797. The predicted octanol–water partition coefficient (Wildman–Crippen LogP) is 2.54. The second-order valence-electron chi connectivity index (χ2n) is 5.90. The van der Waals surface area contributed by atoms with Crippen molar-refractivity contribution in [1.82, 2.24) is 10.3 Å². The summed E-state index contributed by atoms with van der Waals surface area (Å²) in [5.74, 6) is -0.467. The molecule has 0 saturated carbocycles. The van der Waals surface area contributed by atoms with Crippen molar-refractivity contribution in [3.8, 4) is 5.88 Å². The van der Waals surface area contributed by atoms with Gasteiger partial charge in [-0.3, -0.25) is 0 Å². The lowest BCUT2D eigenvalue weighted by molar-refractivity contribution is 0.139. The SMILES string of the molecule is COc1nccc(CNC2(CO)CCCc3ccccc32)c1F. The number of hydrogen-bond donors (Lipinski definition) is 2. The van der Waals surface area contributed by atoms with E-state index in [-0.39, 0.29) is 12.5 Å². The van der Waals surface area contributed by atoms with E-state index in [0.717, 1.165) is 24.8 Å². The minimum Gasteiger partial charge on any atom is -0.479 e. The summed E-state index contributed by atoms with van der Waals surface area (Å²) in [6.45, 7) is 0.285. The van der Waals surface area contributed by atoms with Crippen LogP contribution in [0, 0.1) is 5.82 Å². The summed E-state index contributed by atoms with van der Waals surface area (Å²) in [4.78, 5) is 3.85. The van der Waals surface area contributed by atoms with E-state index in [2.05, 4.69) is 16.4 Å². The number of benzene rings is 1. The molecule has 0 radical (unpaired) electrons. The minimum atomic E-state index is -0.530. The maximum Gasteiger partial charge on any atom is 0.250 e. The highest BCUT2D eigenvalue weighted by atomic mass is 19.1. The van der Waals surface area contributed by atoms with Crippen molar-refractivity contribution in [2.75, 3.05) is 13.7 Å². The van der Waals surface area contributed by atoms with E-state index in [0.29, 0.717) is 12.1 Å². The topological polar surface area (TPSA) is 54.4 Å². The smallest absolute Gasteiger partial charge is 0.250 e. The van der Waals surface area contributed by atoms with E-state index in [1.807, 2.05) is 18.2 Å². The molecule has 4 nitrogen and oxygen atoms in total. The summed E-state index contributed by atoms with van der Waals surface area (Å²) in [5.41, 5.74) is 2.30. The van der Waals surface area contributed by atoms with Gasteiger partial charge in [0.1, 0.15) is 0 Å². The molecule has 2 aromatic rings. The van der Waals surface area contributed by atoms with Crippen LogP contribution in [0.4, 0.5) is 4.39 Å². The number of hydrogen-bond acceptors (Lipinski definition) is 4. The molecule has 3 rings (SSSR count). The first-order valence-corrected chi connectivity index (χ1v) is 7.82. The maximum absolute atomic E-state index is 14.3. The molecule has 0 saturated heterocycles. The van der Waals surface area contributed by atoms with Crippen LogP contribution in [0.2, 0.25) is 0 Å². The van der Waals surface area contributed by atoms with Gasteiger partial charge >= 0.3 is 0 Å². The molecular weight excluding hydrogens is 295 g/mol. The van der Waals surface area contributed by atoms with Crippen molar-refractivity contribution in [3.05, 3.63) is 59.0 Å². The molecular formula is C18H21FN2O2. The number of aromatic nitrogens is 1. The van der Waals surface area contributed by atoms with Crippen LogP contribution in [0.3, 0.4) is 0 Å². The highest BCUT2D eigenvalue weighted by Gasteiger charge is 2.35. The Morgan fingerprint density at radius 1 is 1.35 bits per heavy atom. The van der Waals surface area contributed by atoms with Gasteiger partial charge in [-0.25, -0.2) is 9.37 Å². The summed E-state index contributed by atoms with van der Waals surface area (Å²) in [6, 6.07) is 9.76. The Bertz CT molecular complexity index is 692. The summed E-state index contributed by atoms with van der Waals surface area (Å²) in [7, 11) is 1.40. The Balaban J connectivity index is 1.87. The van der Waals surface area contributed by atoms with Gasteiger partial charge in [-0.2, -0.15) is 0 Å². The number of halogens is 1. The van der Waals surface area contributed by atoms with Crippen LogP contribution in [0.5, 0.6) is 5.88 Å². The Morgan fingerprint density at radius 2 is 2.17 bits per heavy atom. The van der Waals surface area contributed by atoms with Gasteiger partial charge < -0.3 is 15.2 Å². The highest BCUT2D eigenvalue weighted by Crippen LogP contribution is 2.35. The first-order valence-electron chi connectivity index (χ1n) is 7.82. The lowest BCUT2D eigenvalue weighted by Gasteiger charge is -2.39. The van der Waals surface area contributed by atoms with Crippen LogP contribution in [-0.4, -0.2) is 23.8 Å². The third-order valence-corrected chi connectivity index (χ3v) is 4.60.